The van der Waals surface area contributed by atoms with Crippen molar-refractivity contribution in [2.24, 2.45) is 11.8 Å². The third-order valence-electron chi connectivity index (χ3n) is 17.2. The Kier molecular flexibility index (Phi) is 9.65. The van der Waals surface area contributed by atoms with Gasteiger partial charge in [-0.3, -0.25) is 0 Å². The molecule has 71 heavy (non-hydrogen) atoms. The van der Waals surface area contributed by atoms with E-state index in [0.717, 1.165) is 12.8 Å². The highest BCUT2D eigenvalue weighted by molar-refractivity contribution is 5.97. The van der Waals surface area contributed by atoms with Gasteiger partial charge in [-0.15, -0.1) is 0 Å². The molecule has 3 atom stereocenters. The van der Waals surface area contributed by atoms with Crippen LogP contribution in [0.25, 0.3) is 44.2 Å². The van der Waals surface area contributed by atoms with Crippen LogP contribution in [-0.4, -0.2) is 0 Å². The summed E-state index contributed by atoms with van der Waals surface area (Å²) in [5.74, 6) is 0.991. The van der Waals surface area contributed by atoms with Gasteiger partial charge in [0.2, 0.25) is 0 Å². The molecule has 0 amide bonds. The topological polar surface area (TPSA) is 6.48 Å². The van der Waals surface area contributed by atoms with Crippen molar-refractivity contribution >= 4 is 44.9 Å². The zero-order chi connectivity index (χ0) is 47.3. The van der Waals surface area contributed by atoms with Gasteiger partial charge >= 0.3 is 0 Å². The summed E-state index contributed by atoms with van der Waals surface area (Å²) < 4.78 is 0. The van der Waals surface area contributed by atoms with Crippen LogP contribution < -0.4 is 9.80 Å². The SMILES string of the molecule is CC1(C)c2ccccc2-c2ccc(N(c3ccccc3)c3cccc4c3C35c6c(cccc6N(c6ccccc6)c6ccc(-c7cc8ccccc8cc7-c7ccccc7)cc6)CC3CCCC5C4)cc21. The van der Waals surface area contributed by atoms with Crippen molar-refractivity contribution in [2.45, 2.75) is 56.8 Å². The maximum Gasteiger partial charge on any atom is 0.0505 e. The smallest absolute Gasteiger partial charge is 0.0505 e. The number of para-hydroxylation sites is 2. The van der Waals surface area contributed by atoms with E-state index in [0.29, 0.717) is 11.8 Å². The molecule has 3 unspecified atom stereocenters. The lowest BCUT2D eigenvalue weighted by atomic mass is 9.58. The van der Waals surface area contributed by atoms with E-state index in [4.69, 9.17) is 0 Å². The number of hydrogen-bond donors (Lipinski definition) is 0. The van der Waals surface area contributed by atoms with Crippen molar-refractivity contribution in [3.8, 4) is 33.4 Å². The predicted octanol–water partition coefficient (Wildman–Crippen LogP) is 18.2. The molecule has 0 saturated heterocycles. The molecule has 10 aromatic carbocycles. The van der Waals surface area contributed by atoms with E-state index in [2.05, 4.69) is 254 Å². The second-order valence-corrected chi connectivity index (χ2v) is 21.1. The molecule has 0 radical (unpaired) electrons. The van der Waals surface area contributed by atoms with E-state index in [1.54, 1.807) is 5.56 Å². The lowest BCUT2D eigenvalue weighted by Gasteiger charge is -2.46. The normalized spacial score (nSPS) is 18.7. The molecular formula is C69H56N2. The molecule has 0 heterocycles. The van der Waals surface area contributed by atoms with Crippen LogP contribution in [0.1, 0.15) is 66.5 Å². The molecule has 0 bridgehead atoms. The van der Waals surface area contributed by atoms with Crippen LogP contribution in [0.2, 0.25) is 0 Å². The van der Waals surface area contributed by atoms with Crippen LogP contribution >= 0.6 is 0 Å². The minimum Gasteiger partial charge on any atom is -0.310 e. The number of fused-ring (bicyclic) bond motifs is 6. The minimum absolute atomic E-state index is 0.112. The van der Waals surface area contributed by atoms with Gasteiger partial charge in [0.25, 0.3) is 0 Å². The van der Waals surface area contributed by atoms with Crippen molar-refractivity contribution in [1.29, 1.82) is 0 Å². The zero-order valence-electron chi connectivity index (χ0n) is 40.5. The average molecular weight is 913 g/mol. The summed E-state index contributed by atoms with van der Waals surface area (Å²) >= 11 is 0. The van der Waals surface area contributed by atoms with E-state index >= 15 is 0 Å². The maximum atomic E-state index is 2.62. The number of anilines is 6. The molecule has 1 saturated carbocycles. The van der Waals surface area contributed by atoms with Crippen molar-refractivity contribution in [1.82, 2.24) is 0 Å². The molecule has 2 nitrogen and oxygen atoms in total. The first-order chi connectivity index (χ1) is 35.0. The Bertz CT molecular complexity index is 3660. The van der Waals surface area contributed by atoms with Crippen LogP contribution in [0.15, 0.2) is 231 Å². The fourth-order valence-electron chi connectivity index (χ4n) is 14.2. The van der Waals surface area contributed by atoms with E-state index in [-0.39, 0.29) is 10.8 Å². The average Bonchev–Trinajstić information content (AvgIpc) is 4.06. The molecule has 4 aliphatic rings. The second kappa shape index (κ2) is 16.3. The highest BCUT2D eigenvalue weighted by Crippen LogP contribution is 2.67. The summed E-state index contributed by atoms with van der Waals surface area (Å²) in [4.78, 5) is 5.20. The first-order valence-electron chi connectivity index (χ1n) is 25.8. The molecule has 2 heteroatoms. The monoisotopic (exact) mass is 912 g/mol. The Morgan fingerprint density at radius 1 is 0.366 bits per heavy atom. The lowest BCUT2D eigenvalue weighted by molar-refractivity contribution is 0.177. The number of benzene rings is 10. The zero-order valence-corrected chi connectivity index (χ0v) is 40.5. The van der Waals surface area contributed by atoms with Gasteiger partial charge in [-0.25, -0.2) is 0 Å². The first-order valence-corrected chi connectivity index (χ1v) is 25.8. The van der Waals surface area contributed by atoms with Gasteiger partial charge in [0.1, 0.15) is 0 Å². The van der Waals surface area contributed by atoms with Gasteiger partial charge in [0.05, 0.1) is 11.4 Å². The van der Waals surface area contributed by atoms with Crippen LogP contribution in [0.4, 0.5) is 34.1 Å². The van der Waals surface area contributed by atoms with Gasteiger partial charge in [-0.1, -0.05) is 178 Å². The standard InChI is InChI=1S/C69H56N2/c1-68(2)62-32-15-14-31-58(62)59-40-39-57(45-63(59)68)71(55-29-10-5-11-30-55)65-34-17-24-51-42-53-26-18-25-52-41-50-23-16-33-64(66(50)69(52,53)67(51)65)70(54-27-8-4-9-28-54)56-37-35-47(36-38-56)61-44-49-22-13-12-21-48(49)43-60(61)46-19-6-3-7-20-46/h3-17,19-24,27-40,43-45,52-53H,18,25-26,41-42H2,1-2H3. The third-order valence-corrected chi connectivity index (χ3v) is 17.2. The molecule has 10 aromatic rings. The quantitative estimate of drug-likeness (QED) is 0.150. The fraction of sp³-hybridized carbons (Fsp3) is 0.159. The van der Waals surface area contributed by atoms with Crippen molar-refractivity contribution in [2.75, 3.05) is 9.80 Å². The van der Waals surface area contributed by atoms with Crippen LogP contribution in [-0.2, 0) is 23.7 Å². The molecule has 4 aliphatic carbocycles. The molecule has 0 N–H and O–H groups in total. The molecule has 0 aromatic heterocycles. The highest BCUT2D eigenvalue weighted by atomic mass is 15.2. The molecule has 14 rings (SSSR count). The first kappa shape index (κ1) is 42.0. The summed E-state index contributed by atoms with van der Waals surface area (Å²) in [7, 11) is 0. The Morgan fingerprint density at radius 3 is 1.42 bits per heavy atom. The van der Waals surface area contributed by atoms with Gasteiger partial charge < -0.3 is 9.80 Å². The molecule has 342 valence electrons. The Morgan fingerprint density at radius 2 is 0.831 bits per heavy atom. The van der Waals surface area contributed by atoms with Gasteiger partial charge in [-0.05, 0) is 188 Å². The maximum absolute atomic E-state index is 2.62. The highest BCUT2D eigenvalue weighted by Gasteiger charge is 2.60. The van der Waals surface area contributed by atoms with E-state index in [1.807, 2.05) is 0 Å². The fourth-order valence-corrected chi connectivity index (χ4v) is 14.2. The number of hydrogen-bond acceptors (Lipinski definition) is 2. The Hall–Kier alpha value is -7.94. The van der Waals surface area contributed by atoms with Gasteiger partial charge in [-0.2, -0.15) is 0 Å². The van der Waals surface area contributed by atoms with Gasteiger partial charge in [0.15, 0.2) is 0 Å². The van der Waals surface area contributed by atoms with E-state index < -0.39 is 0 Å². The van der Waals surface area contributed by atoms with E-state index in [9.17, 15) is 0 Å². The lowest BCUT2D eigenvalue weighted by Crippen LogP contribution is -2.42. The summed E-state index contributed by atoms with van der Waals surface area (Å²) in [6.45, 7) is 4.80. The number of rotatable bonds is 8. The summed E-state index contributed by atoms with van der Waals surface area (Å²) in [5.41, 5.74) is 23.6. The molecule has 0 aliphatic heterocycles. The third kappa shape index (κ3) is 6.40. The summed E-state index contributed by atoms with van der Waals surface area (Å²) in [6, 6.07) is 86.9. The van der Waals surface area contributed by atoms with Crippen molar-refractivity contribution in [3.05, 3.63) is 264 Å². The largest absolute Gasteiger partial charge is 0.310 e. The molecule has 1 spiro atoms. The van der Waals surface area contributed by atoms with E-state index in [1.165, 1.54) is 125 Å². The Labute approximate surface area is 418 Å². The van der Waals surface area contributed by atoms with Gasteiger partial charge in [0, 0.05) is 33.6 Å². The van der Waals surface area contributed by atoms with Crippen LogP contribution in [0, 0.1) is 11.8 Å². The van der Waals surface area contributed by atoms with Crippen molar-refractivity contribution in [3.63, 3.8) is 0 Å². The van der Waals surface area contributed by atoms with Crippen LogP contribution in [0.5, 0.6) is 0 Å². The van der Waals surface area contributed by atoms with Crippen molar-refractivity contribution < 1.29 is 0 Å². The predicted molar refractivity (Wildman–Crippen MR) is 297 cm³/mol. The number of nitrogens with zero attached hydrogens (tertiary/aromatic N) is 2. The molecule has 1 fully saturated rings. The molecular weight excluding hydrogens is 857 g/mol. The minimum atomic E-state index is -0.169. The summed E-state index contributed by atoms with van der Waals surface area (Å²) in [6.07, 6.45) is 5.92. The summed E-state index contributed by atoms with van der Waals surface area (Å²) in [5, 5.41) is 2.50. The second-order valence-electron chi connectivity index (χ2n) is 21.1. The Balaban J connectivity index is 0.954. The van der Waals surface area contributed by atoms with Crippen LogP contribution in [0.3, 0.4) is 0 Å².